The van der Waals surface area contributed by atoms with Crippen molar-refractivity contribution < 1.29 is 18.7 Å². The molecule has 154 valence electrons. The number of aromatic nitrogens is 1. The number of allylic oxidation sites excluding steroid dienone is 1. The minimum absolute atomic E-state index is 0.293. The summed E-state index contributed by atoms with van der Waals surface area (Å²) in [7, 11) is 0. The molecule has 0 bridgehead atoms. The Morgan fingerprint density at radius 1 is 1.23 bits per heavy atom. The van der Waals surface area contributed by atoms with Crippen LogP contribution >= 0.6 is 0 Å². The first-order valence-corrected chi connectivity index (χ1v) is 10.2. The van der Waals surface area contributed by atoms with Gasteiger partial charge in [-0.3, -0.25) is 4.79 Å². The molecule has 30 heavy (non-hydrogen) atoms. The normalized spacial score (nSPS) is 15.2. The number of rotatable bonds is 6. The molecule has 6 heteroatoms. The molecule has 0 unspecified atom stereocenters. The standard InChI is InChI=1S/C24H24N2O4/c1-3-12-25-23(27)15(2)30-24(28)21-18-8-4-5-9-20(18)26-22-16(10-11-19(21)22)14-17-7-6-13-29-17/h4-9,13-15H,3,10-12H2,1-2H3,(H,25,27)/b16-14+/t15-/m1/s1. The van der Waals surface area contributed by atoms with Gasteiger partial charge in [0.25, 0.3) is 5.91 Å². The molecule has 0 saturated heterocycles. The molecular formula is C24H24N2O4. The van der Waals surface area contributed by atoms with E-state index in [0.717, 1.165) is 46.3 Å². The van der Waals surface area contributed by atoms with E-state index in [1.165, 1.54) is 0 Å². The molecule has 1 aliphatic carbocycles. The van der Waals surface area contributed by atoms with Gasteiger partial charge >= 0.3 is 5.97 Å². The minimum atomic E-state index is -0.869. The lowest BCUT2D eigenvalue weighted by atomic mass is 10.0. The number of amides is 1. The summed E-state index contributed by atoms with van der Waals surface area (Å²) in [5.74, 6) is -0.0417. The predicted molar refractivity (Wildman–Crippen MR) is 115 cm³/mol. The summed E-state index contributed by atoms with van der Waals surface area (Å²) in [4.78, 5) is 30.2. The number of hydrogen-bond donors (Lipinski definition) is 1. The number of carbonyl (C=O) groups is 2. The van der Waals surface area contributed by atoms with E-state index in [9.17, 15) is 9.59 Å². The molecule has 1 amide bonds. The quantitative estimate of drug-likeness (QED) is 0.617. The van der Waals surface area contributed by atoms with Gasteiger partial charge in [-0.25, -0.2) is 9.78 Å². The molecule has 2 aromatic heterocycles. The van der Waals surface area contributed by atoms with Crippen molar-refractivity contribution >= 4 is 34.4 Å². The summed E-state index contributed by atoms with van der Waals surface area (Å²) in [6, 6.07) is 11.2. The van der Waals surface area contributed by atoms with Crippen molar-refractivity contribution in [1.29, 1.82) is 0 Å². The van der Waals surface area contributed by atoms with Crippen LogP contribution in [0.25, 0.3) is 22.6 Å². The third-order valence-electron chi connectivity index (χ3n) is 5.21. The first kappa shape index (κ1) is 19.9. The second-order valence-corrected chi connectivity index (χ2v) is 7.35. The zero-order chi connectivity index (χ0) is 21.1. The lowest BCUT2D eigenvalue weighted by Gasteiger charge is -2.16. The van der Waals surface area contributed by atoms with Crippen LogP contribution in [0.2, 0.25) is 0 Å². The molecule has 1 aromatic carbocycles. The number of ether oxygens (including phenoxy) is 1. The van der Waals surface area contributed by atoms with Crippen LogP contribution in [0, 0.1) is 0 Å². The van der Waals surface area contributed by atoms with Crippen molar-refractivity contribution in [3.63, 3.8) is 0 Å². The zero-order valence-electron chi connectivity index (χ0n) is 17.1. The van der Waals surface area contributed by atoms with Crippen LogP contribution in [0.3, 0.4) is 0 Å². The first-order valence-electron chi connectivity index (χ1n) is 10.2. The Labute approximate surface area is 174 Å². The van der Waals surface area contributed by atoms with E-state index in [2.05, 4.69) is 5.32 Å². The van der Waals surface area contributed by atoms with Crippen molar-refractivity contribution in [3.05, 3.63) is 65.2 Å². The van der Waals surface area contributed by atoms with Gasteiger partial charge in [0, 0.05) is 11.9 Å². The summed E-state index contributed by atoms with van der Waals surface area (Å²) in [5, 5.41) is 3.50. The number of hydrogen-bond acceptors (Lipinski definition) is 5. The highest BCUT2D eigenvalue weighted by Crippen LogP contribution is 2.37. The number of benzene rings is 1. The van der Waals surface area contributed by atoms with Gasteiger partial charge in [0.15, 0.2) is 6.10 Å². The van der Waals surface area contributed by atoms with E-state index < -0.39 is 12.1 Å². The fraction of sp³-hybridized carbons (Fsp3) is 0.292. The second kappa shape index (κ2) is 8.53. The van der Waals surface area contributed by atoms with Crippen molar-refractivity contribution in [2.24, 2.45) is 0 Å². The van der Waals surface area contributed by atoms with Crippen LogP contribution in [0.15, 0.2) is 47.1 Å². The van der Waals surface area contributed by atoms with Gasteiger partial charge in [-0.1, -0.05) is 25.1 Å². The molecule has 1 aliphatic rings. The van der Waals surface area contributed by atoms with Gasteiger partial charge < -0.3 is 14.5 Å². The van der Waals surface area contributed by atoms with E-state index >= 15 is 0 Å². The molecule has 3 aromatic rings. The van der Waals surface area contributed by atoms with E-state index in [1.54, 1.807) is 13.2 Å². The van der Waals surface area contributed by atoms with Crippen molar-refractivity contribution in [2.45, 2.75) is 39.2 Å². The summed E-state index contributed by atoms with van der Waals surface area (Å²) >= 11 is 0. The number of para-hydroxylation sites is 1. The molecule has 6 nitrogen and oxygen atoms in total. The highest BCUT2D eigenvalue weighted by Gasteiger charge is 2.29. The van der Waals surface area contributed by atoms with Gasteiger partial charge in [-0.2, -0.15) is 0 Å². The van der Waals surface area contributed by atoms with Gasteiger partial charge in [-0.05, 0) is 61.6 Å². The van der Waals surface area contributed by atoms with Crippen LogP contribution in [0.4, 0.5) is 0 Å². The Balaban J connectivity index is 1.73. The fourth-order valence-electron chi connectivity index (χ4n) is 3.72. The van der Waals surface area contributed by atoms with E-state index in [-0.39, 0.29) is 5.91 Å². The van der Waals surface area contributed by atoms with Crippen LogP contribution in [0.1, 0.15) is 54.1 Å². The molecule has 0 radical (unpaired) electrons. The average Bonchev–Trinajstić information content (AvgIpc) is 3.40. The summed E-state index contributed by atoms with van der Waals surface area (Å²) < 4.78 is 11.0. The Bertz CT molecular complexity index is 1120. The highest BCUT2D eigenvalue weighted by molar-refractivity contribution is 6.07. The zero-order valence-corrected chi connectivity index (χ0v) is 17.1. The number of carbonyl (C=O) groups excluding carboxylic acids is 2. The number of furan rings is 1. The molecule has 0 saturated carbocycles. The molecule has 2 heterocycles. The largest absolute Gasteiger partial charge is 0.465 e. The SMILES string of the molecule is CCCNC(=O)[C@@H](C)OC(=O)c1c2c(nc3ccccc13)/C(=C/c1ccco1)CC2. The molecule has 4 rings (SSSR count). The Kier molecular flexibility index (Phi) is 5.65. The van der Waals surface area contributed by atoms with Crippen molar-refractivity contribution in [1.82, 2.24) is 10.3 Å². The summed E-state index contributed by atoms with van der Waals surface area (Å²) in [6.45, 7) is 4.11. The van der Waals surface area contributed by atoms with Crippen LogP contribution in [-0.4, -0.2) is 29.5 Å². The number of esters is 1. The van der Waals surface area contributed by atoms with E-state index in [4.69, 9.17) is 14.1 Å². The third kappa shape index (κ3) is 3.85. The average molecular weight is 404 g/mol. The molecular weight excluding hydrogens is 380 g/mol. The van der Waals surface area contributed by atoms with Crippen molar-refractivity contribution in [2.75, 3.05) is 6.54 Å². The number of fused-ring (bicyclic) bond motifs is 2. The Hall–Kier alpha value is -3.41. The van der Waals surface area contributed by atoms with E-state index in [0.29, 0.717) is 18.5 Å². The maximum absolute atomic E-state index is 13.2. The Morgan fingerprint density at radius 2 is 2.07 bits per heavy atom. The minimum Gasteiger partial charge on any atom is -0.465 e. The predicted octanol–water partition coefficient (Wildman–Crippen LogP) is 4.39. The molecule has 0 spiro atoms. The number of nitrogens with one attached hydrogen (secondary N) is 1. The van der Waals surface area contributed by atoms with Gasteiger partial charge in [0.1, 0.15) is 5.76 Å². The molecule has 1 N–H and O–H groups in total. The van der Waals surface area contributed by atoms with Crippen LogP contribution in [0.5, 0.6) is 0 Å². The molecule has 0 fully saturated rings. The topological polar surface area (TPSA) is 81.4 Å². The summed E-state index contributed by atoms with van der Waals surface area (Å²) in [6.07, 6.45) is 4.98. The van der Waals surface area contributed by atoms with Gasteiger partial charge in [-0.15, -0.1) is 0 Å². The lowest BCUT2D eigenvalue weighted by Crippen LogP contribution is -2.36. The van der Waals surface area contributed by atoms with Gasteiger partial charge in [0.2, 0.25) is 0 Å². The van der Waals surface area contributed by atoms with Crippen LogP contribution in [-0.2, 0) is 16.0 Å². The third-order valence-corrected chi connectivity index (χ3v) is 5.21. The smallest absolute Gasteiger partial charge is 0.339 e. The lowest BCUT2D eigenvalue weighted by molar-refractivity contribution is -0.129. The highest BCUT2D eigenvalue weighted by atomic mass is 16.5. The summed E-state index contributed by atoms with van der Waals surface area (Å²) in [5.41, 5.74) is 3.89. The van der Waals surface area contributed by atoms with Crippen LogP contribution < -0.4 is 5.32 Å². The second-order valence-electron chi connectivity index (χ2n) is 7.35. The van der Waals surface area contributed by atoms with E-state index in [1.807, 2.05) is 49.4 Å². The monoisotopic (exact) mass is 404 g/mol. The first-order chi connectivity index (χ1) is 14.6. The molecule has 1 atom stereocenters. The number of pyridine rings is 1. The van der Waals surface area contributed by atoms with Crippen molar-refractivity contribution in [3.8, 4) is 0 Å². The maximum atomic E-state index is 13.2. The van der Waals surface area contributed by atoms with Gasteiger partial charge in [0.05, 0.1) is 23.0 Å². The Morgan fingerprint density at radius 3 is 2.83 bits per heavy atom. The maximum Gasteiger partial charge on any atom is 0.339 e. The molecule has 0 aliphatic heterocycles. The number of nitrogens with zero attached hydrogens (tertiary/aromatic N) is 1. The fourth-order valence-corrected chi connectivity index (χ4v) is 3.72.